The molecule has 1 unspecified atom stereocenters. The Morgan fingerprint density at radius 2 is 2.07 bits per heavy atom. The number of rotatable bonds is 7. The molecule has 1 N–H and O–H groups in total. The van der Waals surface area contributed by atoms with E-state index in [0.29, 0.717) is 12.5 Å². The number of carbonyl (C=O) groups excluding carboxylic acids is 1. The smallest absolute Gasteiger partial charge is 0.317 e. The lowest BCUT2D eigenvalue weighted by Crippen LogP contribution is -2.38. The van der Waals surface area contributed by atoms with Gasteiger partial charge in [0.1, 0.15) is 5.82 Å². The highest BCUT2D eigenvalue weighted by Crippen LogP contribution is 2.27. The Morgan fingerprint density at radius 1 is 1.30 bits per heavy atom. The highest BCUT2D eigenvalue weighted by molar-refractivity contribution is 5.74. The van der Waals surface area contributed by atoms with Crippen molar-refractivity contribution in [1.29, 1.82) is 0 Å². The second-order valence-corrected chi connectivity index (χ2v) is 7.33. The Labute approximate surface area is 161 Å². The van der Waals surface area contributed by atoms with E-state index in [0.717, 1.165) is 50.5 Å². The summed E-state index contributed by atoms with van der Waals surface area (Å²) in [5, 5.41) is 3.04. The first kappa shape index (κ1) is 19.4. The van der Waals surface area contributed by atoms with Crippen LogP contribution in [-0.4, -0.2) is 47.3 Å². The molecule has 0 spiro atoms. The minimum Gasteiger partial charge on any atom is -0.385 e. The summed E-state index contributed by atoms with van der Waals surface area (Å²) in [5.41, 5.74) is 3.51. The number of imidazole rings is 1. The van der Waals surface area contributed by atoms with Crippen LogP contribution in [-0.2, 0) is 17.8 Å². The van der Waals surface area contributed by atoms with Gasteiger partial charge in [-0.05, 0) is 32.3 Å². The van der Waals surface area contributed by atoms with Crippen LogP contribution >= 0.6 is 0 Å². The van der Waals surface area contributed by atoms with Gasteiger partial charge in [0.15, 0.2) is 0 Å². The van der Waals surface area contributed by atoms with Crippen molar-refractivity contribution in [3.63, 3.8) is 0 Å². The van der Waals surface area contributed by atoms with Crippen molar-refractivity contribution in [3.8, 4) is 0 Å². The molecular weight excluding hydrogens is 340 g/mol. The maximum atomic E-state index is 12.5. The minimum atomic E-state index is 0.00675. The molecule has 1 aliphatic heterocycles. The molecule has 27 heavy (non-hydrogen) atoms. The standard InChI is InChI=1S/C21H30N4O2/c1-16-5-7-18(8-6-16)14-23-21(26)24-11-9-19(15-24)20-22-13-17(2)25(20)10-4-12-27-3/h5-8,13,19H,4,9-12,14-15H2,1-3H3,(H,23,26). The Balaban J connectivity index is 1.55. The molecule has 1 saturated heterocycles. The van der Waals surface area contributed by atoms with E-state index < -0.39 is 0 Å². The number of aryl methyl sites for hydroxylation is 2. The van der Waals surface area contributed by atoms with Gasteiger partial charge in [0.05, 0.1) is 0 Å². The number of hydrogen-bond acceptors (Lipinski definition) is 3. The van der Waals surface area contributed by atoms with Gasteiger partial charge >= 0.3 is 6.03 Å². The predicted octanol–water partition coefficient (Wildman–Crippen LogP) is 3.24. The number of likely N-dealkylation sites (tertiary alicyclic amines) is 1. The molecule has 3 rings (SSSR count). The first-order valence-electron chi connectivity index (χ1n) is 9.67. The van der Waals surface area contributed by atoms with Crippen molar-refractivity contribution in [2.45, 2.75) is 45.7 Å². The van der Waals surface area contributed by atoms with Crippen LogP contribution in [0.25, 0.3) is 0 Å². The molecule has 0 bridgehead atoms. The Hall–Kier alpha value is -2.34. The summed E-state index contributed by atoms with van der Waals surface area (Å²) in [5.74, 6) is 1.39. The number of nitrogens with one attached hydrogen (secondary N) is 1. The Bertz CT molecular complexity index is 754. The maximum absolute atomic E-state index is 12.5. The van der Waals surface area contributed by atoms with Crippen molar-refractivity contribution in [2.24, 2.45) is 0 Å². The molecule has 1 fully saturated rings. The largest absolute Gasteiger partial charge is 0.385 e. The van der Waals surface area contributed by atoms with E-state index in [1.54, 1.807) is 7.11 Å². The Kier molecular flexibility index (Phi) is 6.50. The summed E-state index contributed by atoms with van der Waals surface area (Å²) in [6.07, 6.45) is 3.86. The minimum absolute atomic E-state index is 0.00675. The van der Waals surface area contributed by atoms with E-state index >= 15 is 0 Å². The van der Waals surface area contributed by atoms with Gasteiger partial charge in [-0.1, -0.05) is 29.8 Å². The molecule has 0 aliphatic carbocycles. The SMILES string of the molecule is COCCCn1c(C)cnc1C1CCN(C(=O)NCc2ccc(C)cc2)C1. The fourth-order valence-corrected chi connectivity index (χ4v) is 3.61. The number of aromatic nitrogens is 2. The molecule has 1 aliphatic rings. The van der Waals surface area contributed by atoms with Crippen LogP contribution in [0.1, 0.15) is 41.4 Å². The van der Waals surface area contributed by atoms with Crippen LogP contribution in [0, 0.1) is 13.8 Å². The van der Waals surface area contributed by atoms with Gasteiger partial charge < -0.3 is 19.5 Å². The van der Waals surface area contributed by atoms with Crippen LogP contribution < -0.4 is 5.32 Å². The normalized spacial score (nSPS) is 16.7. The molecule has 2 amide bonds. The molecule has 6 heteroatoms. The maximum Gasteiger partial charge on any atom is 0.317 e. The molecule has 146 valence electrons. The van der Waals surface area contributed by atoms with Crippen molar-refractivity contribution in [3.05, 3.63) is 53.1 Å². The summed E-state index contributed by atoms with van der Waals surface area (Å²) in [7, 11) is 1.73. The number of hydrogen-bond donors (Lipinski definition) is 1. The molecule has 1 aromatic heterocycles. The Morgan fingerprint density at radius 3 is 2.81 bits per heavy atom. The van der Waals surface area contributed by atoms with Crippen molar-refractivity contribution >= 4 is 6.03 Å². The van der Waals surface area contributed by atoms with Crippen LogP contribution in [0.5, 0.6) is 0 Å². The third-order valence-electron chi connectivity index (χ3n) is 5.22. The fourth-order valence-electron chi connectivity index (χ4n) is 3.61. The quantitative estimate of drug-likeness (QED) is 0.761. The number of ether oxygens (including phenoxy) is 1. The van der Waals surface area contributed by atoms with Gasteiger partial charge in [-0.15, -0.1) is 0 Å². The lowest BCUT2D eigenvalue weighted by molar-refractivity contribution is 0.189. The van der Waals surface area contributed by atoms with E-state index in [-0.39, 0.29) is 6.03 Å². The summed E-state index contributed by atoms with van der Waals surface area (Å²) in [6, 6.07) is 8.26. The van der Waals surface area contributed by atoms with Gasteiger partial charge in [0, 0.05) is 57.7 Å². The van der Waals surface area contributed by atoms with E-state index in [2.05, 4.69) is 53.0 Å². The van der Waals surface area contributed by atoms with Gasteiger partial charge in [-0.3, -0.25) is 0 Å². The summed E-state index contributed by atoms with van der Waals surface area (Å²) >= 11 is 0. The highest BCUT2D eigenvalue weighted by atomic mass is 16.5. The third kappa shape index (κ3) is 4.89. The number of benzene rings is 1. The van der Waals surface area contributed by atoms with Gasteiger partial charge in [-0.25, -0.2) is 9.78 Å². The van der Waals surface area contributed by atoms with E-state index in [1.165, 1.54) is 11.3 Å². The number of methoxy groups -OCH3 is 1. The van der Waals surface area contributed by atoms with Crippen molar-refractivity contribution < 1.29 is 9.53 Å². The van der Waals surface area contributed by atoms with Gasteiger partial charge in [0.2, 0.25) is 0 Å². The third-order valence-corrected chi connectivity index (χ3v) is 5.22. The second-order valence-electron chi connectivity index (χ2n) is 7.33. The number of nitrogens with zero attached hydrogens (tertiary/aromatic N) is 3. The van der Waals surface area contributed by atoms with Crippen molar-refractivity contribution in [1.82, 2.24) is 19.8 Å². The average molecular weight is 370 g/mol. The highest BCUT2D eigenvalue weighted by Gasteiger charge is 2.30. The number of carbonyl (C=O) groups is 1. The summed E-state index contributed by atoms with van der Waals surface area (Å²) < 4.78 is 7.44. The first-order valence-corrected chi connectivity index (χ1v) is 9.67. The number of urea groups is 1. The fraction of sp³-hybridized carbons (Fsp3) is 0.524. The topological polar surface area (TPSA) is 59.4 Å². The van der Waals surface area contributed by atoms with Crippen LogP contribution in [0.2, 0.25) is 0 Å². The zero-order valence-corrected chi connectivity index (χ0v) is 16.6. The molecule has 0 saturated carbocycles. The zero-order chi connectivity index (χ0) is 19.2. The van der Waals surface area contributed by atoms with E-state index in [1.807, 2.05) is 11.1 Å². The lowest BCUT2D eigenvalue weighted by atomic mass is 10.1. The van der Waals surface area contributed by atoms with Gasteiger partial charge in [-0.2, -0.15) is 0 Å². The zero-order valence-electron chi connectivity index (χ0n) is 16.6. The molecule has 2 aromatic rings. The monoisotopic (exact) mass is 370 g/mol. The lowest BCUT2D eigenvalue weighted by Gasteiger charge is -2.18. The molecule has 1 aromatic carbocycles. The van der Waals surface area contributed by atoms with E-state index in [4.69, 9.17) is 4.74 Å². The molecule has 6 nitrogen and oxygen atoms in total. The predicted molar refractivity (Wildman–Crippen MR) is 106 cm³/mol. The van der Waals surface area contributed by atoms with Crippen molar-refractivity contribution in [2.75, 3.05) is 26.8 Å². The molecular formula is C21H30N4O2. The van der Waals surface area contributed by atoms with Crippen LogP contribution in [0.3, 0.4) is 0 Å². The number of amides is 2. The van der Waals surface area contributed by atoms with Crippen LogP contribution in [0.15, 0.2) is 30.5 Å². The summed E-state index contributed by atoms with van der Waals surface area (Å²) in [6.45, 7) is 7.86. The molecule has 1 atom stereocenters. The summed E-state index contributed by atoms with van der Waals surface area (Å²) in [4.78, 5) is 19.1. The van der Waals surface area contributed by atoms with Gasteiger partial charge in [0.25, 0.3) is 0 Å². The van der Waals surface area contributed by atoms with Crippen LogP contribution in [0.4, 0.5) is 4.79 Å². The average Bonchev–Trinajstić information content (AvgIpc) is 3.29. The van der Waals surface area contributed by atoms with E-state index in [9.17, 15) is 4.79 Å². The molecule has 2 heterocycles. The first-order chi connectivity index (χ1) is 13.1. The molecule has 0 radical (unpaired) electrons. The second kappa shape index (κ2) is 9.04.